The number of hydrogen-bond acceptors (Lipinski definition) is 5. The normalized spacial score (nSPS) is 12.5. The topological polar surface area (TPSA) is 107 Å². The predicted molar refractivity (Wildman–Crippen MR) is 133 cm³/mol. The number of benzene rings is 3. The number of aliphatic carboxylic acids is 1. The highest BCUT2D eigenvalue weighted by molar-refractivity contribution is 5.97. The number of aryl methyl sites for hydroxylation is 2. The molecule has 0 saturated heterocycles. The van der Waals surface area contributed by atoms with E-state index in [2.05, 4.69) is 10.2 Å². The Morgan fingerprint density at radius 1 is 0.946 bits per heavy atom. The number of rotatable bonds is 5. The summed E-state index contributed by atoms with van der Waals surface area (Å²) in [5, 5.41) is 38.7. The summed E-state index contributed by atoms with van der Waals surface area (Å²) >= 11 is 0. The minimum absolute atomic E-state index is 0.0171. The summed E-state index contributed by atoms with van der Waals surface area (Å²) in [6.45, 7) is 5.15. The lowest BCUT2D eigenvalue weighted by Crippen LogP contribution is -2.05. The zero-order valence-corrected chi connectivity index (χ0v) is 20.0. The largest absolute Gasteiger partial charge is 0.506 e. The Hall–Kier alpha value is -4.60. The van der Waals surface area contributed by atoms with E-state index in [0.717, 1.165) is 23.3 Å². The number of fused-ring (bicyclic) bond motifs is 1. The van der Waals surface area contributed by atoms with Crippen molar-refractivity contribution in [2.24, 2.45) is 10.2 Å². The van der Waals surface area contributed by atoms with Crippen LogP contribution in [0.1, 0.15) is 29.2 Å². The summed E-state index contributed by atoms with van der Waals surface area (Å²) < 4.78 is 41.7. The number of halogens is 3. The van der Waals surface area contributed by atoms with Crippen molar-refractivity contribution >= 4 is 34.3 Å². The number of carboxylic acid groups (broad SMARTS) is 1. The molecule has 0 aliphatic rings. The molecule has 0 spiro atoms. The fourth-order valence-corrected chi connectivity index (χ4v) is 3.79. The van der Waals surface area contributed by atoms with Crippen LogP contribution in [0.5, 0.6) is 11.6 Å². The molecule has 0 saturated carbocycles. The lowest BCUT2D eigenvalue weighted by Gasteiger charge is -2.11. The zero-order valence-electron chi connectivity index (χ0n) is 20.0. The number of aromatic hydroxyl groups is 2. The third-order valence-electron chi connectivity index (χ3n) is 5.97. The molecule has 4 aromatic rings. The van der Waals surface area contributed by atoms with E-state index in [1.807, 2.05) is 13.8 Å². The van der Waals surface area contributed by atoms with Crippen LogP contribution < -0.4 is 0 Å². The minimum atomic E-state index is -4.59. The molecule has 37 heavy (non-hydrogen) atoms. The molecule has 190 valence electrons. The molecular weight excluding hydrogens is 487 g/mol. The van der Waals surface area contributed by atoms with Crippen molar-refractivity contribution in [1.82, 2.24) is 4.57 Å². The summed E-state index contributed by atoms with van der Waals surface area (Å²) in [6, 6.07) is 12.5. The Bertz CT molecular complexity index is 1600. The highest BCUT2D eigenvalue weighted by Crippen LogP contribution is 2.44. The quantitative estimate of drug-likeness (QED) is 0.190. The van der Waals surface area contributed by atoms with Crippen LogP contribution in [0.15, 0.2) is 70.4 Å². The van der Waals surface area contributed by atoms with Crippen molar-refractivity contribution in [3.63, 3.8) is 0 Å². The molecule has 0 atom stereocenters. The highest BCUT2D eigenvalue weighted by Gasteiger charge is 2.32. The predicted octanol–water partition coefficient (Wildman–Crippen LogP) is 7.58. The standard InChI is InChI=1S/C27H22F3N3O4/c1-14-4-7-19(11-15(14)2)33-22-13-18(27(28,29)30)6-8-20(22)24(25(33)35)32-31-21-9-5-17(12-23(21)34)10-16(3)26(36)37/h4-13,34-35H,1-3H3,(H,36,37)/b16-10+,32-31?. The van der Waals surface area contributed by atoms with E-state index < -0.39 is 23.6 Å². The molecule has 0 bridgehead atoms. The highest BCUT2D eigenvalue weighted by atomic mass is 19.4. The molecule has 3 N–H and O–H groups in total. The van der Waals surface area contributed by atoms with Gasteiger partial charge in [-0.1, -0.05) is 12.1 Å². The third kappa shape index (κ3) is 5.04. The van der Waals surface area contributed by atoms with Crippen LogP contribution in [0, 0.1) is 13.8 Å². The molecule has 0 unspecified atom stereocenters. The number of aromatic nitrogens is 1. The fraction of sp³-hybridized carbons (Fsp3) is 0.148. The summed E-state index contributed by atoms with van der Waals surface area (Å²) in [5.74, 6) is -1.82. The van der Waals surface area contributed by atoms with E-state index in [1.54, 1.807) is 18.2 Å². The van der Waals surface area contributed by atoms with Crippen molar-refractivity contribution in [2.45, 2.75) is 26.9 Å². The molecule has 0 aliphatic heterocycles. The first-order valence-corrected chi connectivity index (χ1v) is 11.1. The lowest BCUT2D eigenvalue weighted by atomic mass is 10.1. The average molecular weight is 509 g/mol. The molecule has 0 amide bonds. The first-order chi connectivity index (χ1) is 17.4. The van der Waals surface area contributed by atoms with Gasteiger partial charge in [0, 0.05) is 16.6 Å². The molecule has 0 fully saturated rings. The zero-order chi connectivity index (χ0) is 27.1. The van der Waals surface area contributed by atoms with Gasteiger partial charge in [0.25, 0.3) is 0 Å². The monoisotopic (exact) mass is 509 g/mol. The van der Waals surface area contributed by atoms with E-state index in [9.17, 15) is 28.2 Å². The van der Waals surface area contributed by atoms with Crippen LogP contribution in [0.25, 0.3) is 22.7 Å². The van der Waals surface area contributed by atoms with Crippen LogP contribution in [0.2, 0.25) is 0 Å². The van der Waals surface area contributed by atoms with Gasteiger partial charge in [0.05, 0.1) is 11.1 Å². The Morgan fingerprint density at radius 2 is 1.68 bits per heavy atom. The third-order valence-corrected chi connectivity index (χ3v) is 5.97. The molecule has 0 radical (unpaired) electrons. The SMILES string of the molecule is C/C(=C\c1ccc(N=Nc2c(O)n(-c3ccc(C)c(C)c3)c3cc(C(F)(F)F)ccc23)c(O)c1)C(=O)O. The number of phenolic OH excluding ortho intramolecular Hbond substituents is 1. The second-order valence-electron chi connectivity index (χ2n) is 8.59. The first-order valence-electron chi connectivity index (χ1n) is 11.1. The maximum Gasteiger partial charge on any atom is 0.416 e. The van der Waals surface area contributed by atoms with Gasteiger partial charge in [0.1, 0.15) is 11.4 Å². The number of azo groups is 1. The van der Waals surface area contributed by atoms with Gasteiger partial charge in [0.2, 0.25) is 5.88 Å². The minimum Gasteiger partial charge on any atom is -0.506 e. The van der Waals surface area contributed by atoms with E-state index in [4.69, 9.17) is 5.11 Å². The number of alkyl halides is 3. The van der Waals surface area contributed by atoms with Gasteiger partial charge in [-0.15, -0.1) is 10.2 Å². The van der Waals surface area contributed by atoms with Crippen LogP contribution in [-0.2, 0) is 11.0 Å². The van der Waals surface area contributed by atoms with Crippen molar-refractivity contribution in [2.75, 3.05) is 0 Å². The maximum atomic E-state index is 13.5. The summed E-state index contributed by atoms with van der Waals surface area (Å²) in [6.07, 6.45) is -3.23. The summed E-state index contributed by atoms with van der Waals surface area (Å²) in [5.41, 5.74) is 1.92. The number of carbonyl (C=O) groups is 1. The van der Waals surface area contributed by atoms with Gasteiger partial charge in [-0.25, -0.2) is 4.79 Å². The molecule has 10 heteroatoms. The number of carboxylic acids is 1. The van der Waals surface area contributed by atoms with Crippen molar-refractivity contribution in [3.8, 4) is 17.3 Å². The van der Waals surface area contributed by atoms with Gasteiger partial charge in [-0.05, 0) is 86.0 Å². The Balaban J connectivity index is 1.85. The van der Waals surface area contributed by atoms with E-state index >= 15 is 0 Å². The number of hydrogen-bond donors (Lipinski definition) is 3. The second kappa shape index (κ2) is 9.45. The van der Waals surface area contributed by atoms with Gasteiger partial charge < -0.3 is 15.3 Å². The van der Waals surface area contributed by atoms with Crippen molar-refractivity contribution in [3.05, 3.63) is 82.4 Å². The molecule has 1 aromatic heterocycles. The van der Waals surface area contributed by atoms with Crippen LogP contribution in [-0.4, -0.2) is 25.9 Å². The fourth-order valence-electron chi connectivity index (χ4n) is 3.79. The number of nitrogens with zero attached hydrogens (tertiary/aromatic N) is 3. The van der Waals surface area contributed by atoms with E-state index in [-0.39, 0.29) is 33.6 Å². The van der Waals surface area contributed by atoms with Gasteiger partial charge >= 0.3 is 12.1 Å². The van der Waals surface area contributed by atoms with Gasteiger partial charge in [-0.3, -0.25) is 4.57 Å². The molecule has 3 aromatic carbocycles. The van der Waals surface area contributed by atoms with Crippen LogP contribution in [0.4, 0.5) is 24.5 Å². The average Bonchev–Trinajstić information content (AvgIpc) is 3.10. The van der Waals surface area contributed by atoms with Gasteiger partial charge in [0.15, 0.2) is 5.69 Å². The Morgan fingerprint density at radius 3 is 2.30 bits per heavy atom. The van der Waals surface area contributed by atoms with E-state index in [0.29, 0.717) is 11.3 Å². The lowest BCUT2D eigenvalue weighted by molar-refractivity contribution is -0.137. The molecular formula is C27H22F3N3O4. The van der Waals surface area contributed by atoms with E-state index in [1.165, 1.54) is 41.8 Å². The first kappa shape index (κ1) is 25.5. The number of phenols is 1. The summed E-state index contributed by atoms with van der Waals surface area (Å²) in [4.78, 5) is 11.0. The molecule has 7 nitrogen and oxygen atoms in total. The molecule has 4 rings (SSSR count). The van der Waals surface area contributed by atoms with Crippen LogP contribution >= 0.6 is 0 Å². The smallest absolute Gasteiger partial charge is 0.416 e. The van der Waals surface area contributed by atoms with Crippen LogP contribution in [0.3, 0.4) is 0 Å². The molecule has 1 heterocycles. The Kier molecular flexibility index (Phi) is 6.51. The molecule has 0 aliphatic carbocycles. The maximum absolute atomic E-state index is 13.5. The van der Waals surface area contributed by atoms with Crippen molar-refractivity contribution < 1.29 is 33.3 Å². The summed E-state index contributed by atoms with van der Waals surface area (Å²) in [7, 11) is 0. The Labute approximate surface area is 209 Å². The van der Waals surface area contributed by atoms with Crippen molar-refractivity contribution in [1.29, 1.82) is 0 Å². The second-order valence-corrected chi connectivity index (χ2v) is 8.59. The van der Waals surface area contributed by atoms with Gasteiger partial charge in [-0.2, -0.15) is 13.2 Å².